The Kier molecular flexibility index (Phi) is 7.39. The van der Waals surface area contributed by atoms with Gasteiger partial charge in [-0.15, -0.1) is 0 Å². The molecule has 2 heterocycles. The number of nitrogens with zero attached hydrogens (tertiary/aromatic N) is 3. The van der Waals surface area contributed by atoms with Crippen LogP contribution in [-0.4, -0.2) is 48.0 Å². The van der Waals surface area contributed by atoms with Crippen LogP contribution in [0.15, 0.2) is 67.0 Å². The molecule has 0 aliphatic heterocycles. The van der Waals surface area contributed by atoms with Gasteiger partial charge < -0.3 is 18.8 Å². The van der Waals surface area contributed by atoms with Crippen molar-refractivity contribution in [1.82, 2.24) is 14.3 Å². The molecular weight excluding hydrogens is 438 g/mol. The summed E-state index contributed by atoms with van der Waals surface area (Å²) in [5.74, 6) is 1.40. The summed E-state index contributed by atoms with van der Waals surface area (Å²) in [7, 11) is 5.13. The number of carbonyl (C=O) groups is 1. The summed E-state index contributed by atoms with van der Waals surface area (Å²) in [4.78, 5) is 19.9. The number of pyridine rings is 1. The minimum absolute atomic E-state index is 0.0935. The van der Waals surface area contributed by atoms with E-state index in [-0.39, 0.29) is 11.8 Å². The van der Waals surface area contributed by atoms with Crippen LogP contribution in [0.4, 0.5) is 0 Å². The van der Waals surface area contributed by atoms with Gasteiger partial charge in [-0.05, 0) is 60.7 Å². The number of ether oxygens (including phenoxy) is 2. The average molecular weight is 472 g/mol. The molecule has 1 unspecified atom stereocenters. The summed E-state index contributed by atoms with van der Waals surface area (Å²) >= 11 is 0. The maximum absolute atomic E-state index is 13.4. The highest BCUT2D eigenvalue weighted by molar-refractivity contribution is 5.77. The molecular formula is C29H33N3O3. The number of rotatable bonds is 9. The number of aryl methyl sites for hydroxylation is 2. The van der Waals surface area contributed by atoms with Gasteiger partial charge >= 0.3 is 0 Å². The molecule has 1 amide bonds. The number of amides is 1. The number of benzene rings is 2. The lowest BCUT2D eigenvalue weighted by Gasteiger charge is -2.23. The maximum Gasteiger partial charge on any atom is 0.223 e. The SMILES string of the molecule is COc1ccc(CCN(C)C(=O)CC(c2ccccc2C)c2cnc3c(C)cccn23)cc1OC. The fourth-order valence-electron chi connectivity index (χ4n) is 4.57. The number of hydrogen-bond donors (Lipinski definition) is 0. The molecule has 4 rings (SSSR count). The fourth-order valence-corrected chi connectivity index (χ4v) is 4.57. The molecule has 2 aromatic carbocycles. The largest absolute Gasteiger partial charge is 0.493 e. The molecule has 0 saturated carbocycles. The first-order chi connectivity index (χ1) is 16.9. The van der Waals surface area contributed by atoms with E-state index < -0.39 is 0 Å². The zero-order chi connectivity index (χ0) is 24.9. The minimum atomic E-state index is -0.0935. The summed E-state index contributed by atoms with van der Waals surface area (Å²) in [5, 5.41) is 0. The predicted molar refractivity (Wildman–Crippen MR) is 138 cm³/mol. The monoisotopic (exact) mass is 471 g/mol. The van der Waals surface area contributed by atoms with Crippen molar-refractivity contribution in [1.29, 1.82) is 0 Å². The van der Waals surface area contributed by atoms with Gasteiger partial charge in [0.05, 0.1) is 19.9 Å². The summed E-state index contributed by atoms with van der Waals surface area (Å²) in [6.45, 7) is 4.77. The Morgan fingerprint density at radius 3 is 2.49 bits per heavy atom. The zero-order valence-corrected chi connectivity index (χ0v) is 21.1. The first-order valence-electron chi connectivity index (χ1n) is 11.9. The number of carbonyl (C=O) groups excluding carboxylic acids is 1. The first-order valence-corrected chi connectivity index (χ1v) is 11.9. The second-order valence-electron chi connectivity index (χ2n) is 8.94. The normalized spacial score (nSPS) is 11.9. The Morgan fingerprint density at radius 1 is 1.00 bits per heavy atom. The molecule has 0 aliphatic carbocycles. The third kappa shape index (κ3) is 5.16. The van der Waals surface area contributed by atoms with Crippen molar-refractivity contribution in [2.75, 3.05) is 27.8 Å². The molecule has 35 heavy (non-hydrogen) atoms. The van der Waals surface area contributed by atoms with E-state index in [1.165, 1.54) is 5.56 Å². The maximum atomic E-state index is 13.4. The van der Waals surface area contributed by atoms with Gasteiger partial charge in [0.25, 0.3) is 0 Å². The molecule has 0 saturated heterocycles. The highest BCUT2D eigenvalue weighted by Gasteiger charge is 2.25. The van der Waals surface area contributed by atoms with Crippen molar-refractivity contribution in [3.8, 4) is 11.5 Å². The smallest absolute Gasteiger partial charge is 0.223 e. The number of methoxy groups -OCH3 is 2. The Labute approximate surface area is 207 Å². The Balaban J connectivity index is 1.56. The first kappa shape index (κ1) is 24.3. The molecule has 0 spiro atoms. The van der Waals surface area contributed by atoms with Crippen LogP contribution >= 0.6 is 0 Å². The fraction of sp³-hybridized carbons (Fsp3) is 0.310. The number of aromatic nitrogens is 2. The third-order valence-electron chi connectivity index (χ3n) is 6.67. The highest BCUT2D eigenvalue weighted by Crippen LogP contribution is 2.32. The van der Waals surface area contributed by atoms with E-state index in [0.29, 0.717) is 24.5 Å². The number of likely N-dealkylation sites (N-methyl/N-ethyl adjacent to an activating group) is 1. The van der Waals surface area contributed by atoms with Crippen LogP contribution in [0.2, 0.25) is 0 Å². The summed E-state index contributed by atoms with van der Waals surface area (Å²) < 4.78 is 12.9. The van der Waals surface area contributed by atoms with E-state index in [4.69, 9.17) is 9.47 Å². The second kappa shape index (κ2) is 10.6. The highest BCUT2D eigenvalue weighted by atomic mass is 16.5. The third-order valence-corrected chi connectivity index (χ3v) is 6.67. The molecule has 6 heteroatoms. The van der Waals surface area contributed by atoms with Gasteiger partial charge in [-0.25, -0.2) is 4.98 Å². The van der Waals surface area contributed by atoms with Gasteiger partial charge in [-0.1, -0.05) is 36.4 Å². The van der Waals surface area contributed by atoms with Crippen molar-refractivity contribution in [2.24, 2.45) is 0 Å². The van der Waals surface area contributed by atoms with Gasteiger partial charge in [0.2, 0.25) is 5.91 Å². The van der Waals surface area contributed by atoms with Crippen molar-refractivity contribution >= 4 is 11.6 Å². The van der Waals surface area contributed by atoms with Gasteiger partial charge in [0.1, 0.15) is 5.65 Å². The topological polar surface area (TPSA) is 56.1 Å². The number of hydrogen-bond acceptors (Lipinski definition) is 4. The molecule has 6 nitrogen and oxygen atoms in total. The van der Waals surface area contributed by atoms with Gasteiger partial charge in [-0.2, -0.15) is 0 Å². The van der Waals surface area contributed by atoms with Crippen LogP contribution in [0, 0.1) is 13.8 Å². The van der Waals surface area contributed by atoms with Crippen LogP contribution in [0.5, 0.6) is 11.5 Å². The Morgan fingerprint density at radius 2 is 1.74 bits per heavy atom. The molecule has 2 aromatic heterocycles. The number of imidazole rings is 1. The van der Waals surface area contributed by atoms with E-state index in [0.717, 1.165) is 34.5 Å². The van der Waals surface area contributed by atoms with E-state index in [1.807, 2.05) is 60.7 Å². The summed E-state index contributed by atoms with van der Waals surface area (Å²) in [6.07, 6.45) is 5.04. The van der Waals surface area contributed by atoms with Gasteiger partial charge in [0.15, 0.2) is 11.5 Å². The lowest BCUT2D eigenvalue weighted by atomic mass is 9.89. The average Bonchev–Trinajstić information content (AvgIpc) is 3.31. The Bertz CT molecular complexity index is 1330. The van der Waals surface area contributed by atoms with E-state index in [1.54, 1.807) is 14.2 Å². The van der Waals surface area contributed by atoms with Crippen molar-refractivity contribution < 1.29 is 14.3 Å². The Hall–Kier alpha value is -3.80. The molecule has 0 bridgehead atoms. The number of fused-ring (bicyclic) bond motifs is 1. The quantitative estimate of drug-likeness (QED) is 0.337. The minimum Gasteiger partial charge on any atom is -0.493 e. The van der Waals surface area contributed by atoms with Crippen LogP contribution in [0.1, 0.15) is 40.3 Å². The van der Waals surface area contributed by atoms with Crippen molar-refractivity contribution in [3.63, 3.8) is 0 Å². The van der Waals surface area contributed by atoms with Gasteiger partial charge in [0, 0.05) is 38.3 Å². The lowest BCUT2D eigenvalue weighted by Crippen LogP contribution is -2.30. The summed E-state index contributed by atoms with van der Waals surface area (Å²) in [6, 6.07) is 18.2. The lowest BCUT2D eigenvalue weighted by molar-refractivity contribution is -0.130. The molecule has 182 valence electrons. The van der Waals surface area contributed by atoms with Crippen molar-refractivity contribution in [2.45, 2.75) is 32.6 Å². The van der Waals surface area contributed by atoms with Crippen LogP contribution in [-0.2, 0) is 11.2 Å². The van der Waals surface area contributed by atoms with Crippen LogP contribution < -0.4 is 9.47 Å². The van der Waals surface area contributed by atoms with Gasteiger partial charge in [-0.3, -0.25) is 4.79 Å². The second-order valence-corrected chi connectivity index (χ2v) is 8.94. The summed E-state index contributed by atoms with van der Waals surface area (Å²) in [5.41, 5.74) is 6.48. The van der Waals surface area contributed by atoms with Crippen LogP contribution in [0.25, 0.3) is 5.65 Å². The molecule has 0 radical (unpaired) electrons. The molecule has 0 fully saturated rings. The standard InChI is InChI=1S/C29H33N3O3/c1-20-9-6-7-11-23(20)24(25-19-30-29-21(2)10-8-15-32(25)29)18-28(33)31(3)16-14-22-12-13-26(34-4)27(17-22)35-5/h6-13,15,17,19,24H,14,16,18H2,1-5H3. The molecule has 1 atom stereocenters. The molecule has 4 aromatic rings. The van der Waals surface area contributed by atoms with E-state index in [2.05, 4.69) is 41.4 Å². The van der Waals surface area contributed by atoms with Crippen molar-refractivity contribution in [3.05, 3.63) is 94.9 Å². The van der Waals surface area contributed by atoms with E-state index in [9.17, 15) is 4.79 Å². The van der Waals surface area contributed by atoms with E-state index >= 15 is 0 Å². The molecule has 0 N–H and O–H groups in total. The predicted octanol–water partition coefficient (Wildman–Crippen LogP) is 5.19. The van der Waals surface area contributed by atoms with Crippen LogP contribution in [0.3, 0.4) is 0 Å². The zero-order valence-electron chi connectivity index (χ0n) is 21.1. The molecule has 0 aliphatic rings.